The molecular formula is C14H10F3NO2S. The van der Waals surface area contributed by atoms with Crippen LogP contribution in [0.3, 0.4) is 0 Å². The van der Waals surface area contributed by atoms with Crippen LogP contribution in [0.25, 0.3) is 0 Å². The van der Waals surface area contributed by atoms with Gasteiger partial charge in [0.05, 0.1) is 9.79 Å². The molecular weight excluding hydrogens is 303 g/mol. The Labute approximate surface area is 119 Å². The molecule has 21 heavy (non-hydrogen) atoms. The Kier molecular flexibility index (Phi) is 4.13. The van der Waals surface area contributed by atoms with Crippen molar-refractivity contribution in [3.63, 3.8) is 0 Å². The third-order valence-corrected chi connectivity index (χ3v) is 4.82. The van der Waals surface area contributed by atoms with Crippen LogP contribution >= 0.6 is 0 Å². The number of benzene rings is 2. The predicted octanol–water partition coefficient (Wildman–Crippen LogP) is 3.66. The molecule has 0 radical (unpaired) electrons. The Morgan fingerprint density at radius 2 is 1.24 bits per heavy atom. The molecule has 0 spiro atoms. The highest BCUT2D eigenvalue weighted by Gasteiger charge is 2.40. The van der Waals surface area contributed by atoms with Gasteiger partial charge in [-0.2, -0.15) is 13.2 Å². The van der Waals surface area contributed by atoms with E-state index in [0.717, 1.165) is 0 Å². The maximum absolute atomic E-state index is 13.0. The molecule has 0 aliphatic heterocycles. The average molecular weight is 313 g/mol. The van der Waals surface area contributed by atoms with E-state index < -0.39 is 21.8 Å². The molecule has 7 heteroatoms. The van der Waals surface area contributed by atoms with Gasteiger partial charge in [-0.3, -0.25) is 4.79 Å². The first-order valence-corrected chi connectivity index (χ1v) is 7.34. The smallest absolute Gasteiger partial charge is 0.261 e. The number of carbonyl (C=O) groups is 1. The van der Waals surface area contributed by atoms with Gasteiger partial charge in [-0.05, 0) is 24.3 Å². The minimum absolute atomic E-state index is 0.0498. The van der Waals surface area contributed by atoms with E-state index in [9.17, 15) is 22.2 Å². The summed E-state index contributed by atoms with van der Waals surface area (Å²) in [6.07, 6.45) is -5.16. The van der Waals surface area contributed by atoms with E-state index in [1.165, 1.54) is 48.5 Å². The molecule has 2 rings (SSSR count). The van der Waals surface area contributed by atoms with E-state index in [2.05, 4.69) is 4.36 Å². The average Bonchev–Trinajstić information content (AvgIpc) is 2.48. The molecule has 0 fully saturated rings. The van der Waals surface area contributed by atoms with Crippen LogP contribution in [0.2, 0.25) is 0 Å². The van der Waals surface area contributed by atoms with Crippen molar-refractivity contribution in [3.05, 3.63) is 60.7 Å². The van der Waals surface area contributed by atoms with Gasteiger partial charge in [0, 0.05) is 0 Å². The topological polar surface area (TPSA) is 46.5 Å². The van der Waals surface area contributed by atoms with Gasteiger partial charge in [0.15, 0.2) is 0 Å². The van der Waals surface area contributed by atoms with Crippen molar-refractivity contribution in [2.24, 2.45) is 4.36 Å². The quantitative estimate of drug-likeness (QED) is 0.849. The second-order valence-electron chi connectivity index (χ2n) is 4.05. The van der Waals surface area contributed by atoms with Crippen LogP contribution in [0.4, 0.5) is 13.2 Å². The summed E-state index contributed by atoms with van der Waals surface area (Å²) in [7, 11) is -3.67. The van der Waals surface area contributed by atoms with Crippen molar-refractivity contribution >= 4 is 15.6 Å². The van der Waals surface area contributed by atoms with Crippen LogP contribution in [0.1, 0.15) is 0 Å². The van der Waals surface area contributed by atoms with Crippen molar-refractivity contribution in [3.8, 4) is 0 Å². The third kappa shape index (κ3) is 3.30. The number of amides is 1. The monoisotopic (exact) mass is 313 g/mol. The van der Waals surface area contributed by atoms with Gasteiger partial charge in [-0.15, -0.1) is 4.36 Å². The Hall–Kier alpha value is -2.15. The van der Waals surface area contributed by atoms with E-state index >= 15 is 0 Å². The maximum atomic E-state index is 13.0. The van der Waals surface area contributed by atoms with Crippen molar-refractivity contribution in [1.29, 1.82) is 0 Å². The second kappa shape index (κ2) is 5.69. The van der Waals surface area contributed by atoms with Gasteiger partial charge in [0.2, 0.25) is 0 Å². The summed E-state index contributed by atoms with van der Waals surface area (Å²) in [6.45, 7) is 0. The summed E-state index contributed by atoms with van der Waals surface area (Å²) in [5, 5.41) is 0. The number of hydrogen-bond acceptors (Lipinski definition) is 2. The SMILES string of the molecule is O=C(N=S(=O)(c1ccccc1)c1ccccc1)C(F)(F)F. The molecule has 0 heterocycles. The molecule has 0 unspecified atom stereocenters. The zero-order chi connectivity index (χ0) is 15.5. The molecule has 2 aromatic carbocycles. The van der Waals surface area contributed by atoms with Crippen LogP contribution in [0.5, 0.6) is 0 Å². The highest BCUT2D eigenvalue weighted by molar-refractivity contribution is 7.94. The summed E-state index contributed by atoms with van der Waals surface area (Å²) >= 11 is 0. The minimum Gasteiger partial charge on any atom is -0.261 e. The van der Waals surface area contributed by atoms with Gasteiger partial charge in [0.25, 0.3) is 0 Å². The van der Waals surface area contributed by atoms with E-state index in [4.69, 9.17) is 0 Å². The highest BCUT2D eigenvalue weighted by atomic mass is 32.2. The van der Waals surface area contributed by atoms with Crippen LogP contribution in [0.15, 0.2) is 74.8 Å². The number of carbonyl (C=O) groups excluding carboxylic acids is 1. The largest absolute Gasteiger partial charge is 0.474 e. The third-order valence-electron chi connectivity index (χ3n) is 2.58. The fourth-order valence-electron chi connectivity index (χ4n) is 1.62. The lowest BCUT2D eigenvalue weighted by atomic mass is 10.4. The molecule has 0 saturated heterocycles. The van der Waals surface area contributed by atoms with Gasteiger partial charge in [-0.25, -0.2) is 4.21 Å². The van der Waals surface area contributed by atoms with Gasteiger partial charge in [0.1, 0.15) is 9.73 Å². The summed E-state index contributed by atoms with van der Waals surface area (Å²) in [6, 6.07) is 14.8. The lowest BCUT2D eigenvalue weighted by Crippen LogP contribution is -2.22. The number of hydrogen-bond donors (Lipinski definition) is 0. The molecule has 2 aromatic rings. The first-order valence-electron chi connectivity index (χ1n) is 5.82. The molecule has 1 amide bonds. The predicted molar refractivity (Wildman–Crippen MR) is 71.0 cm³/mol. The van der Waals surface area contributed by atoms with Crippen LogP contribution in [0, 0.1) is 0 Å². The Balaban J connectivity index is 2.70. The number of alkyl halides is 3. The van der Waals surface area contributed by atoms with Crippen molar-refractivity contribution in [2.45, 2.75) is 16.0 Å². The lowest BCUT2D eigenvalue weighted by molar-refractivity contribution is -0.169. The van der Waals surface area contributed by atoms with Gasteiger partial charge < -0.3 is 0 Å². The Morgan fingerprint density at radius 3 is 1.57 bits per heavy atom. The molecule has 0 saturated carbocycles. The molecule has 110 valence electrons. The molecule has 0 aliphatic rings. The molecule has 0 atom stereocenters. The summed E-state index contributed by atoms with van der Waals surface area (Å²) in [4.78, 5) is 11.3. The van der Waals surface area contributed by atoms with Gasteiger partial charge >= 0.3 is 12.1 Å². The zero-order valence-corrected chi connectivity index (χ0v) is 11.4. The summed E-state index contributed by atoms with van der Waals surface area (Å²) < 4.78 is 53.3. The maximum Gasteiger partial charge on any atom is 0.474 e. The van der Waals surface area contributed by atoms with E-state index in [-0.39, 0.29) is 9.79 Å². The van der Waals surface area contributed by atoms with Crippen molar-refractivity contribution in [1.82, 2.24) is 0 Å². The molecule has 3 nitrogen and oxygen atoms in total. The molecule has 0 aromatic heterocycles. The fraction of sp³-hybridized carbons (Fsp3) is 0.0714. The van der Waals surface area contributed by atoms with E-state index in [1.807, 2.05) is 0 Å². The summed E-state index contributed by atoms with van der Waals surface area (Å²) in [5.74, 6) is -2.36. The molecule has 0 N–H and O–H groups in total. The normalized spacial score (nSPS) is 12.0. The van der Waals surface area contributed by atoms with Crippen molar-refractivity contribution in [2.75, 3.05) is 0 Å². The van der Waals surface area contributed by atoms with Crippen LogP contribution < -0.4 is 0 Å². The number of nitrogens with zero attached hydrogens (tertiary/aromatic N) is 1. The lowest BCUT2D eigenvalue weighted by Gasteiger charge is -2.11. The minimum atomic E-state index is -5.16. The number of halogens is 3. The van der Waals surface area contributed by atoms with Crippen LogP contribution in [-0.4, -0.2) is 16.3 Å². The molecule has 0 aliphatic carbocycles. The fourth-order valence-corrected chi connectivity index (χ4v) is 3.49. The Bertz CT molecular complexity index is 703. The second-order valence-corrected chi connectivity index (χ2v) is 6.22. The number of rotatable bonds is 2. The van der Waals surface area contributed by atoms with Gasteiger partial charge in [-0.1, -0.05) is 36.4 Å². The first-order chi connectivity index (χ1) is 9.84. The summed E-state index contributed by atoms with van der Waals surface area (Å²) in [5.41, 5.74) is 0. The standard InChI is InChI=1S/C14H10F3NO2S/c15-14(16,17)13(19)18-21(20,11-7-3-1-4-8-11)12-9-5-2-6-10-12/h1-10H. The van der Waals surface area contributed by atoms with E-state index in [1.54, 1.807) is 12.1 Å². The highest BCUT2D eigenvalue weighted by Crippen LogP contribution is 2.26. The molecule has 0 bridgehead atoms. The van der Waals surface area contributed by atoms with Crippen molar-refractivity contribution < 1.29 is 22.2 Å². The zero-order valence-electron chi connectivity index (χ0n) is 10.6. The van der Waals surface area contributed by atoms with Crippen LogP contribution in [-0.2, 0) is 14.5 Å². The van der Waals surface area contributed by atoms with E-state index in [0.29, 0.717) is 0 Å². The Morgan fingerprint density at radius 1 is 0.857 bits per heavy atom. The first kappa shape index (κ1) is 15.2.